The number of piperidine rings is 1. The fourth-order valence-electron chi connectivity index (χ4n) is 2.89. The molecule has 0 unspecified atom stereocenters. The van der Waals surface area contributed by atoms with Crippen LogP contribution in [0, 0.1) is 5.92 Å². The van der Waals surface area contributed by atoms with Crippen LogP contribution >= 0.6 is 0 Å². The Kier molecular flexibility index (Phi) is 7.94. The van der Waals surface area contributed by atoms with Gasteiger partial charge in [0.25, 0.3) is 0 Å². The van der Waals surface area contributed by atoms with Gasteiger partial charge in [0.05, 0.1) is 0 Å². The van der Waals surface area contributed by atoms with Crippen molar-refractivity contribution in [2.75, 3.05) is 39.3 Å². The molecule has 2 fully saturated rings. The van der Waals surface area contributed by atoms with Gasteiger partial charge in [-0.3, -0.25) is 4.99 Å². The normalized spacial score (nSPS) is 20.5. The first kappa shape index (κ1) is 16.6. The van der Waals surface area contributed by atoms with Crippen molar-refractivity contribution in [3.63, 3.8) is 0 Å². The molecule has 1 aliphatic carbocycles. The molecular weight excluding hydrogens is 260 g/mol. The van der Waals surface area contributed by atoms with E-state index < -0.39 is 0 Å². The van der Waals surface area contributed by atoms with Crippen molar-refractivity contribution >= 4 is 5.96 Å². The predicted molar refractivity (Wildman–Crippen MR) is 90.8 cm³/mol. The maximum Gasteiger partial charge on any atom is 0.191 e. The minimum absolute atomic E-state index is 0.866. The van der Waals surface area contributed by atoms with Crippen LogP contribution < -0.4 is 10.6 Å². The molecule has 1 aliphatic heterocycles. The summed E-state index contributed by atoms with van der Waals surface area (Å²) in [6, 6.07) is 0. The Hall–Kier alpha value is -0.770. The SMILES string of the molecule is CCNC(=NCC1CC1)NCCCCCN1CCCCC1. The Morgan fingerprint density at radius 3 is 2.57 bits per heavy atom. The van der Waals surface area contributed by atoms with E-state index in [1.54, 1.807) is 0 Å². The van der Waals surface area contributed by atoms with Gasteiger partial charge in [-0.15, -0.1) is 0 Å². The highest BCUT2D eigenvalue weighted by Gasteiger charge is 2.20. The second kappa shape index (κ2) is 10.0. The highest BCUT2D eigenvalue weighted by molar-refractivity contribution is 5.79. The van der Waals surface area contributed by atoms with Crippen LogP contribution in [0.2, 0.25) is 0 Å². The van der Waals surface area contributed by atoms with Crippen LogP contribution in [0.1, 0.15) is 58.3 Å². The minimum atomic E-state index is 0.866. The second-order valence-corrected chi connectivity index (χ2v) is 6.55. The zero-order valence-electron chi connectivity index (χ0n) is 13.9. The van der Waals surface area contributed by atoms with E-state index in [0.717, 1.165) is 31.5 Å². The van der Waals surface area contributed by atoms with Crippen molar-refractivity contribution in [2.45, 2.75) is 58.3 Å². The van der Waals surface area contributed by atoms with Crippen LogP contribution in [0.4, 0.5) is 0 Å². The summed E-state index contributed by atoms with van der Waals surface area (Å²) in [6.07, 6.45) is 10.9. The molecule has 4 nitrogen and oxygen atoms in total. The summed E-state index contributed by atoms with van der Waals surface area (Å²) in [4.78, 5) is 7.29. The van der Waals surface area contributed by atoms with Crippen LogP contribution in [-0.2, 0) is 0 Å². The molecule has 122 valence electrons. The van der Waals surface area contributed by atoms with E-state index >= 15 is 0 Å². The van der Waals surface area contributed by atoms with E-state index in [1.807, 2.05) is 0 Å². The number of hydrogen-bond donors (Lipinski definition) is 2. The van der Waals surface area contributed by atoms with Crippen LogP contribution in [0.15, 0.2) is 4.99 Å². The number of likely N-dealkylation sites (tertiary alicyclic amines) is 1. The van der Waals surface area contributed by atoms with Crippen molar-refractivity contribution in [1.29, 1.82) is 0 Å². The Labute approximate surface area is 130 Å². The van der Waals surface area contributed by atoms with Gasteiger partial charge in [-0.1, -0.05) is 12.8 Å². The molecule has 2 aliphatic rings. The maximum absolute atomic E-state index is 4.65. The summed E-state index contributed by atoms with van der Waals surface area (Å²) >= 11 is 0. The largest absolute Gasteiger partial charge is 0.357 e. The number of nitrogens with zero attached hydrogens (tertiary/aromatic N) is 2. The lowest BCUT2D eigenvalue weighted by molar-refractivity contribution is 0.224. The predicted octanol–water partition coefficient (Wildman–Crippen LogP) is 2.61. The number of unbranched alkanes of at least 4 members (excludes halogenated alkanes) is 2. The van der Waals surface area contributed by atoms with Crippen molar-refractivity contribution in [3.8, 4) is 0 Å². The lowest BCUT2D eigenvalue weighted by atomic mass is 10.1. The van der Waals surface area contributed by atoms with Crippen molar-refractivity contribution < 1.29 is 0 Å². The van der Waals surface area contributed by atoms with Crippen LogP contribution in [-0.4, -0.2) is 50.1 Å². The van der Waals surface area contributed by atoms with Gasteiger partial charge in [0.2, 0.25) is 0 Å². The summed E-state index contributed by atoms with van der Waals surface area (Å²) in [5, 5.41) is 6.81. The molecule has 0 bridgehead atoms. The maximum atomic E-state index is 4.65. The lowest BCUT2D eigenvalue weighted by Crippen LogP contribution is -2.38. The first-order valence-electron chi connectivity index (χ1n) is 9.13. The van der Waals surface area contributed by atoms with E-state index in [9.17, 15) is 0 Å². The van der Waals surface area contributed by atoms with Gasteiger partial charge in [0.15, 0.2) is 5.96 Å². The Balaban J connectivity index is 1.47. The van der Waals surface area contributed by atoms with Crippen molar-refractivity contribution in [2.24, 2.45) is 10.9 Å². The van der Waals surface area contributed by atoms with Gasteiger partial charge in [0, 0.05) is 19.6 Å². The first-order valence-corrected chi connectivity index (χ1v) is 9.13. The highest BCUT2D eigenvalue weighted by Crippen LogP contribution is 2.28. The highest BCUT2D eigenvalue weighted by atomic mass is 15.2. The van der Waals surface area contributed by atoms with Crippen molar-refractivity contribution in [3.05, 3.63) is 0 Å². The quantitative estimate of drug-likeness (QED) is 0.390. The van der Waals surface area contributed by atoms with Gasteiger partial charge in [-0.05, 0) is 71.0 Å². The summed E-state index contributed by atoms with van der Waals surface area (Å²) < 4.78 is 0. The Morgan fingerprint density at radius 2 is 1.86 bits per heavy atom. The summed E-state index contributed by atoms with van der Waals surface area (Å²) in [5.41, 5.74) is 0. The summed E-state index contributed by atoms with van der Waals surface area (Å²) in [6.45, 7) is 9.10. The zero-order valence-corrected chi connectivity index (χ0v) is 13.9. The molecule has 2 N–H and O–H groups in total. The van der Waals surface area contributed by atoms with Gasteiger partial charge in [0.1, 0.15) is 0 Å². The second-order valence-electron chi connectivity index (χ2n) is 6.55. The average Bonchev–Trinajstić information content (AvgIpc) is 3.33. The fraction of sp³-hybridized carbons (Fsp3) is 0.941. The zero-order chi connectivity index (χ0) is 14.8. The molecule has 2 rings (SSSR count). The van der Waals surface area contributed by atoms with E-state index in [1.165, 1.54) is 71.0 Å². The van der Waals surface area contributed by atoms with Crippen LogP contribution in [0.25, 0.3) is 0 Å². The molecule has 0 radical (unpaired) electrons. The molecule has 1 heterocycles. The molecule has 0 atom stereocenters. The van der Waals surface area contributed by atoms with Gasteiger partial charge in [-0.2, -0.15) is 0 Å². The smallest absolute Gasteiger partial charge is 0.191 e. The molecule has 0 aromatic heterocycles. The van der Waals surface area contributed by atoms with Crippen LogP contribution in [0.5, 0.6) is 0 Å². The number of guanidine groups is 1. The fourth-order valence-corrected chi connectivity index (χ4v) is 2.89. The molecule has 0 aromatic carbocycles. The molecular formula is C17H34N4. The number of nitrogens with one attached hydrogen (secondary N) is 2. The van der Waals surface area contributed by atoms with Gasteiger partial charge >= 0.3 is 0 Å². The first-order chi connectivity index (χ1) is 10.4. The van der Waals surface area contributed by atoms with E-state index in [0.29, 0.717) is 0 Å². The third-order valence-corrected chi connectivity index (χ3v) is 4.44. The summed E-state index contributed by atoms with van der Waals surface area (Å²) in [7, 11) is 0. The van der Waals surface area contributed by atoms with Gasteiger partial charge < -0.3 is 15.5 Å². The van der Waals surface area contributed by atoms with Crippen molar-refractivity contribution in [1.82, 2.24) is 15.5 Å². The topological polar surface area (TPSA) is 39.7 Å². The standard InChI is InChI=1S/C17H34N4/c1-2-18-17(20-15-16-9-10-16)19-11-5-3-6-12-21-13-7-4-8-14-21/h16H,2-15H2,1H3,(H2,18,19,20). The monoisotopic (exact) mass is 294 g/mol. The molecule has 1 saturated heterocycles. The third kappa shape index (κ3) is 7.70. The van der Waals surface area contributed by atoms with E-state index in [2.05, 4.69) is 27.4 Å². The van der Waals surface area contributed by atoms with Gasteiger partial charge in [-0.25, -0.2) is 0 Å². The Morgan fingerprint density at radius 1 is 1.05 bits per heavy atom. The van der Waals surface area contributed by atoms with Crippen LogP contribution in [0.3, 0.4) is 0 Å². The Bertz CT molecular complexity index is 293. The molecule has 0 amide bonds. The minimum Gasteiger partial charge on any atom is -0.357 e. The lowest BCUT2D eigenvalue weighted by Gasteiger charge is -2.26. The molecule has 0 aromatic rings. The molecule has 0 spiro atoms. The number of aliphatic imine (C=N–C) groups is 1. The van der Waals surface area contributed by atoms with E-state index in [-0.39, 0.29) is 0 Å². The molecule has 4 heteroatoms. The number of rotatable bonds is 9. The molecule has 21 heavy (non-hydrogen) atoms. The molecule has 1 saturated carbocycles. The third-order valence-electron chi connectivity index (χ3n) is 4.44. The summed E-state index contributed by atoms with van der Waals surface area (Å²) in [5.74, 6) is 1.88. The van der Waals surface area contributed by atoms with E-state index in [4.69, 9.17) is 0 Å². The number of hydrogen-bond acceptors (Lipinski definition) is 2. The average molecular weight is 294 g/mol.